The summed E-state index contributed by atoms with van der Waals surface area (Å²) in [6.45, 7) is 1.42. The second-order valence-electron chi connectivity index (χ2n) is 6.71. The first-order valence-corrected chi connectivity index (χ1v) is 9.96. The smallest absolute Gasteiger partial charge is 0.248 e. The minimum atomic E-state index is -0.314. The van der Waals surface area contributed by atoms with Crippen molar-refractivity contribution >= 4 is 29.1 Å². The third-order valence-electron chi connectivity index (χ3n) is 4.77. The zero-order valence-electron chi connectivity index (χ0n) is 17.6. The van der Waals surface area contributed by atoms with Crippen molar-refractivity contribution in [3.63, 3.8) is 0 Å². The standard InChI is InChI=1S/C23H19ClN4O4/c1-14(29)28(19-12-17(30-2)8-9-20(19)31-3)23-21(18-10-11-25-13-26-18)22(27-32-23)15-4-6-16(24)7-5-15/h4-13H,1-3H3. The topological polar surface area (TPSA) is 90.6 Å². The maximum absolute atomic E-state index is 12.9. The Labute approximate surface area is 189 Å². The van der Waals surface area contributed by atoms with Crippen LogP contribution in [0.5, 0.6) is 11.5 Å². The number of hydrogen-bond acceptors (Lipinski definition) is 7. The molecule has 2 aromatic heterocycles. The normalized spacial score (nSPS) is 10.6. The minimum absolute atomic E-state index is 0.188. The monoisotopic (exact) mass is 450 g/mol. The average Bonchev–Trinajstić information content (AvgIpc) is 3.24. The number of aromatic nitrogens is 3. The van der Waals surface area contributed by atoms with E-state index in [4.69, 9.17) is 25.6 Å². The molecule has 2 heterocycles. The van der Waals surface area contributed by atoms with Crippen LogP contribution in [-0.2, 0) is 4.79 Å². The lowest BCUT2D eigenvalue weighted by atomic mass is 10.0. The molecule has 32 heavy (non-hydrogen) atoms. The molecule has 162 valence electrons. The van der Waals surface area contributed by atoms with Crippen LogP contribution in [0.15, 0.2) is 65.6 Å². The Morgan fingerprint density at radius 3 is 2.47 bits per heavy atom. The van der Waals surface area contributed by atoms with Crippen LogP contribution in [0.3, 0.4) is 0 Å². The Kier molecular flexibility index (Phi) is 6.04. The summed E-state index contributed by atoms with van der Waals surface area (Å²) in [6.07, 6.45) is 3.02. The van der Waals surface area contributed by atoms with E-state index in [1.165, 1.54) is 25.3 Å². The van der Waals surface area contributed by atoms with E-state index in [9.17, 15) is 4.79 Å². The van der Waals surface area contributed by atoms with Gasteiger partial charge in [-0.3, -0.25) is 4.79 Å². The van der Waals surface area contributed by atoms with Crippen molar-refractivity contribution < 1.29 is 18.8 Å². The van der Waals surface area contributed by atoms with E-state index in [2.05, 4.69) is 15.1 Å². The number of hydrogen-bond donors (Lipinski definition) is 0. The fourth-order valence-corrected chi connectivity index (χ4v) is 3.43. The number of benzene rings is 2. The second kappa shape index (κ2) is 9.07. The lowest BCUT2D eigenvalue weighted by Gasteiger charge is -2.22. The molecule has 0 saturated carbocycles. The molecule has 0 aliphatic heterocycles. The summed E-state index contributed by atoms with van der Waals surface area (Å²) in [7, 11) is 3.07. The fraction of sp³-hybridized carbons (Fsp3) is 0.130. The molecule has 9 heteroatoms. The molecule has 0 bridgehead atoms. The van der Waals surface area contributed by atoms with Gasteiger partial charge in [-0.25, -0.2) is 14.9 Å². The number of methoxy groups -OCH3 is 2. The summed E-state index contributed by atoms with van der Waals surface area (Å²) in [5, 5.41) is 4.87. The van der Waals surface area contributed by atoms with Gasteiger partial charge in [-0.2, -0.15) is 0 Å². The van der Waals surface area contributed by atoms with Crippen molar-refractivity contribution in [1.29, 1.82) is 0 Å². The maximum Gasteiger partial charge on any atom is 0.248 e. The van der Waals surface area contributed by atoms with Crippen molar-refractivity contribution in [2.24, 2.45) is 0 Å². The number of nitrogens with zero attached hydrogens (tertiary/aromatic N) is 4. The van der Waals surface area contributed by atoms with Crippen LogP contribution in [0, 0.1) is 0 Å². The predicted octanol–water partition coefficient (Wildman–Crippen LogP) is 5.15. The average molecular weight is 451 g/mol. The van der Waals surface area contributed by atoms with Crippen molar-refractivity contribution in [1.82, 2.24) is 15.1 Å². The molecule has 0 spiro atoms. The fourth-order valence-electron chi connectivity index (χ4n) is 3.30. The summed E-state index contributed by atoms with van der Waals surface area (Å²) in [5.74, 6) is 0.880. The molecule has 4 rings (SSSR count). The first-order valence-electron chi connectivity index (χ1n) is 9.58. The molecule has 0 saturated heterocycles. The highest BCUT2D eigenvalue weighted by Gasteiger charge is 2.30. The van der Waals surface area contributed by atoms with Crippen LogP contribution in [0.4, 0.5) is 11.6 Å². The third-order valence-corrected chi connectivity index (χ3v) is 5.03. The van der Waals surface area contributed by atoms with E-state index in [1.807, 2.05) is 12.1 Å². The van der Waals surface area contributed by atoms with Gasteiger partial charge in [0.25, 0.3) is 0 Å². The molecule has 8 nitrogen and oxygen atoms in total. The highest BCUT2D eigenvalue weighted by molar-refractivity contribution is 6.30. The molecule has 4 aromatic rings. The number of halogens is 1. The first kappa shape index (κ1) is 21.3. The Bertz CT molecular complexity index is 1240. The molecule has 1 amide bonds. The van der Waals surface area contributed by atoms with Crippen LogP contribution < -0.4 is 14.4 Å². The van der Waals surface area contributed by atoms with Gasteiger partial charge in [0.15, 0.2) is 0 Å². The number of carbonyl (C=O) groups excluding carboxylic acids is 1. The zero-order valence-corrected chi connectivity index (χ0v) is 18.3. The molecule has 2 aromatic carbocycles. The summed E-state index contributed by atoms with van der Waals surface area (Å²) in [4.78, 5) is 22.6. The molecule has 0 N–H and O–H groups in total. The molecule has 0 aliphatic carbocycles. The molecular formula is C23H19ClN4O4. The number of anilines is 2. The summed E-state index contributed by atoms with van der Waals surface area (Å²) >= 11 is 6.05. The quantitative estimate of drug-likeness (QED) is 0.401. The summed E-state index contributed by atoms with van der Waals surface area (Å²) < 4.78 is 16.6. The molecule has 0 radical (unpaired) electrons. The van der Waals surface area contributed by atoms with Crippen molar-refractivity contribution in [3.8, 4) is 34.0 Å². The molecular weight excluding hydrogens is 432 g/mol. The Hall–Kier alpha value is -3.91. The van der Waals surface area contributed by atoms with Gasteiger partial charge >= 0.3 is 0 Å². The Balaban J connectivity index is 1.98. The SMILES string of the molecule is COc1ccc(OC)c(N(C(C)=O)c2onc(-c3ccc(Cl)cc3)c2-c2ccncn2)c1. The van der Waals surface area contributed by atoms with Crippen molar-refractivity contribution in [3.05, 3.63) is 66.1 Å². The minimum Gasteiger partial charge on any atom is -0.497 e. The number of amides is 1. The second-order valence-corrected chi connectivity index (χ2v) is 7.14. The highest BCUT2D eigenvalue weighted by atomic mass is 35.5. The summed E-state index contributed by atoms with van der Waals surface area (Å²) in [5.41, 5.74) is 2.75. The van der Waals surface area contributed by atoms with E-state index in [-0.39, 0.29) is 11.8 Å². The van der Waals surface area contributed by atoms with E-state index in [0.29, 0.717) is 39.2 Å². The maximum atomic E-state index is 12.9. The number of ether oxygens (including phenoxy) is 2. The lowest BCUT2D eigenvalue weighted by Crippen LogP contribution is -2.23. The predicted molar refractivity (Wildman–Crippen MR) is 120 cm³/mol. The van der Waals surface area contributed by atoms with Gasteiger partial charge < -0.3 is 14.0 Å². The number of carbonyl (C=O) groups is 1. The van der Waals surface area contributed by atoms with Gasteiger partial charge in [0.1, 0.15) is 23.5 Å². The largest absolute Gasteiger partial charge is 0.497 e. The van der Waals surface area contributed by atoms with Crippen LogP contribution in [0.25, 0.3) is 22.5 Å². The van der Waals surface area contributed by atoms with Gasteiger partial charge in [-0.1, -0.05) is 28.9 Å². The van der Waals surface area contributed by atoms with Crippen molar-refractivity contribution in [2.45, 2.75) is 6.92 Å². The van der Waals surface area contributed by atoms with E-state index < -0.39 is 0 Å². The zero-order chi connectivity index (χ0) is 22.7. The molecule has 0 fully saturated rings. The van der Waals surface area contributed by atoms with Gasteiger partial charge in [-0.15, -0.1) is 0 Å². The van der Waals surface area contributed by atoms with Crippen molar-refractivity contribution in [2.75, 3.05) is 19.1 Å². The highest BCUT2D eigenvalue weighted by Crippen LogP contribution is 2.44. The summed E-state index contributed by atoms with van der Waals surface area (Å²) in [6, 6.07) is 14.0. The van der Waals surface area contributed by atoms with E-state index in [0.717, 1.165) is 5.56 Å². The third kappa shape index (κ3) is 4.00. The van der Waals surface area contributed by atoms with Crippen LogP contribution in [0.2, 0.25) is 5.02 Å². The first-order chi connectivity index (χ1) is 15.5. The lowest BCUT2D eigenvalue weighted by molar-refractivity contribution is -0.116. The molecule has 0 atom stereocenters. The van der Waals surface area contributed by atoms with Gasteiger partial charge in [0.2, 0.25) is 11.8 Å². The van der Waals surface area contributed by atoms with Crippen LogP contribution in [0.1, 0.15) is 6.92 Å². The van der Waals surface area contributed by atoms with Crippen LogP contribution in [-0.4, -0.2) is 35.3 Å². The van der Waals surface area contributed by atoms with Crippen LogP contribution >= 0.6 is 11.6 Å². The Morgan fingerprint density at radius 1 is 1.06 bits per heavy atom. The van der Waals surface area contributed by atoms with Gasteiger partial charge in [0.05, 0.1) is 31.2 Å². The number of rotatable bonds is 6. The Morgan fingerprint density at radius 2 is 1.84 bits per heavy atom. The molecule has 0 unspecified atom stereocenters. The van der Waals surface area contributed by atoms with Gasteiger partial charge in [0, 0.05) is 29.8 Å². The molecule has 0 aliphatic rings. The van der Waals surface area contributed by atoms with E-state index in [1.54, 1.807) is 49.7 Å². The van der Waals surface area contributed by atoms with E-state index >= 15 is 0 Å². The van der Waals surface area contributed by atoms with Gasteiger partial charge in [-0.05, 0) is 30.3 Å².